The average molecular weight is 291 g/mol. The van der Waals surface area contributed by atoms with Gasteiger partial charge in [-0.25, -0.2) is 0 Å². The number of nitrogens with one attached hydrogen (secondary N) is 2. The summed E-state index contributed by atoms with van der Waals surface area (Å²) in [6, 6.07) is 5.75. The molecule has 5 nitrogen and oxygen atoms in total. The van der Waals surface area contributed by atoms with Crippen LogP contribution in [0.3, 0.4) is 0 Å². The van der Waals surface area contributed by atoms with Gasteiger partial charge in [-0.1, -0.05) is 19.9 Å². The van der Waals surface area contributed by atoms with Crippen LogP contribution in [-0.2, 0) is 0 Å². The Hall–Kier alpha value is -1.78. The largest absolute Gasteiger partial charge is 0.380 e. The van der Waals surface area contributed by atoms with Crippen molar-refractivity contribution in [1.29, 1.82) is 0 Å². The monoisotopic (exact) mass is 291 g/mol. The van der Waals surface area contributed by atoms with Gasteiger partial charge >= 0.3 is 5.69 Å². The molecule has 0 aliphatic heterocycles. The van der Waals surface area contributed by atoms with Crippen molar-refractivity contribution in [3.05, 3.63) is 28.3 Å². The summed E-state index contributed by atoms with van der Waals surface area (Å²) in [5.74, 6) is 0. The topological polar surface area (TPSA) is 67.2 Å². The molecule has 0 radical (unpaired) electrons. The number of para-hydroxylation sites is 1. The van der Waals surface area contributed by atoms with Gasteiger partial charge in [0.15, 0.2) is 0 Å². The zero-order valence-corrected chi connectivity index (χ0v) is 13.1. The predicted molar refractivity (Wildman–Crippen MR) is 86.9 cm³/mol. The molecule has 5 heteroatoms. The smallest absolute Gasteiger partial charge is 0.315 e. The van der Waals surface area contributed by atoms with Gasteiger partial charge in [0, 0.05) is 12.6 Å². The molecular formula is C16H25N3O2. The van der Waals surface area contributed by atoms with Crippen LogP contribution in [0.25, 0.3) is 0 Å². The molecule has 1 saturated carbocycles. The molecule has 1 aliphatic rings. The molecule has 116 valence electrons. The SMILES string of the molecule is CCNc1cccc(NC2CCC(C)(C)CC2)c1[N+](=O)[O-]. The van der Waals surface area contributed by atoms with E-state index >= 15 is 0 Å². The minimum Gasteiger partial charge on any atom is -0.380 e. The predicted octanol–water partition coefficient (Wildman–Crippen LogP) is 4.41. The third kappa shape index (κ3) is 3.86. The van der Waals surface area contributed by atoms with Crippen molar-refractivity contribution >= 4 is 17.1 Å². The van der Waals surface area contributed by atoms with Crippen molar-refractivity contribution in [1.82, 2.24) is 0 Å². The Balaban J connectivity index is 2.16. The average Bonchev–Trinajstić information content (AvgIpc) is 2.41. The van der Waals surface area contributed by atoms with Crippen molar-refractivity contribution in [2.75, 3.05) is 17.2 Å². The fraction of sp³-hybridized carbons (Fsp3) is 0.625. The van der Waals surface area contributed by atoms with Crippen LogP contribution in [0, 0.1) is 15.5 Å². The van der Waals surface area contributed by atoms with Crippen LogP contribution >= 0.6 is 0 Å². The molecule has 0 aromatic heterocycles. The van der Waals surface area contributed by atoms with E-state index in [4.69, 9.17) is 0 Å². The molecule has 0 atom stereocenters. The van der Waals surface area contributed by atoms with Crippen LogP contribution in [0.4, 0.5) is 17.1 Å². The van der Waals surface area contributed by atoms with Crippen LogP contribution in [0.5, 0.6) is 0 Å². The molecule has 0 unspecified atom stereocenters. The number of nitro benzene ring substituents is 1. The summed E-state index contributed by atoms with van der Waals surface area (Å²) in [7, 11) is 0. The standard InChI is InChI=1S/C16H25N3O2/c1-4-17-13-6-5-7-14(15(13)19(20)21)18-12-8-10-16(2,3)11-9-12/h5-7,12,17-18H,4,8-11H2,1-3H3. The molecule has 1 fully saturated rings. The van der Waals surface area contributed by atoms with E-state index in [-0.39, 0.29) is 10.6 Å². The molecule has 1 aliphatic carbocycles. The number of rotatable bonds is 5. The molecule has 0 heterocycles. The summed E-state index contributed by atoms with van der Waals surface area (Å²) in [6.07, 6.45) is 4.45. The van der Waals surface area contributed by atoms with Gasteiger partial charge in [0.25, 0.3) is 0 Å². The first kappa shape index (κ1) is 15.6. The molecule has 1 aromatic rings. The lowest BCUT2D eigenvalue weighted by Crippen LogP contribution is -2.30. The normalized spacial score (nSPS) is 18.2. The summed E-state index contributed by atoms with van der Waals surface area (Å²) in [5.41, 5.74) is 1.77. The third-order valence-corrected chi connectivity index (χ3v) is 4.28. The van der Waals surface area contributed by atoms with Gasteiger partial charge in [-0.05, 0) is 50.2 Å². The van der Waals surface area contributed by atoms with E-state index in [1.807, 2.05) is 13.0 Å². The van der Waals surface area contributed by atoms with Gasteiger partial charge in [0.05, 0.1) is 4.92 Å². The maximum atomic E-state index is 11.4. The van der Waals surface area contributed by atoms with Crippen molar-refractivity contribution in [2.45, 2.75) is 52.5 Å². The van der Waals surface area contributed by atoms with Gasteiger partial charge in [0.2, 0.25) is 0 Å². The van der Waals surface area contributed by atoms with E-state index in [0.717, 1.165) is 25.7 Å². The summed E-state index contributed by atoms with van der Waals surface area (Å²) in [4.78, 5) is 11.1. The van der Waals surface area contributed by atoms with Gasteiger partial charge in [-0.15, -0.1) is 0 Å². The molecule has 0 saturated heterocycles. The van der Waals surface area contributed by atoms with Crippen molar-refractivity contribution in [2.24, 2.45) is 5.41 Å². The highest BCUT2D eigenvalue weighted by molar-refractivity contribution is 5.76. The zero-order chi connectivity index (χ0) is 15.5. The van der Waals surface area contributed by atoms with Crippen molar-refractivity contribution < 1.29 is 4.92 Å². The number of hydrogen-bond donors (Lipinski definition) is 2. The second kappa shape index (κ2) is 6.33. The zero-order valence-electron chi connectivity index (χ0n) is 13.1. The van der Waals surface area contributed by atoms with Gasteiger partial charge in [-0.2, -0.15) is 0 Å². The van der Waals surface area contributed by atoms with Crippen molar-refractivity contribution in [3.63, 3.8) is 0 Å². The summed E-state index contributed by atoms with van der Waals surface area (Å²) in [5, 5.41) is 17.8. The minimum atomic E-state index is -0.299. The Kier molecular flexibility index (Phi) is 4.70. The molecule has 1 aromatic carbocycles. The van der Waals surface area contributed by atoms with Gasteiger partial charge < -0.3 is 10.6 Å². The maximum absolute atomic E-state index is 11.4. The number of hydrogen-bond acceptors (Lipinski definition) is 4. The number of benzene rings is 1. The van der Waals surface area contributed by atoms with Crippen LogP contribution < -0.4 is 10.6 Å². The Bertz CT molecular complexity index is 504. The molecule has 0 spiro atoms. The highest BCUT2D eigenvalue weighted by Crippen LogP contribution is 2.38. The first-order chi connectivity index (χ1) is 9.93. The second-order valence-corrected chi connectivity index (χ2v) is 6.57. The Morgan fingerprint density at radius 2 is 1.90 bits per heavy atom. The molecule has 2 rings (SSSR count). The van der Waals surface area contributed by atoms with Gasteiger partial charge in [0.1, 0.15) is 11.4 Å². The molecule has 0 bridgehead atoms. The van der Waals surface area contributed by atoms with Crippen LogP contribution in [0.1, 0.15) is 46.5 Å². The fourth-order valence-corrected chi connectivity index (χ4v) is 2.95. The lowest BCUT2D eigenvalue weighted by atomic mass is 9.75. The minimum absolute atomic E-state index is 0.157. The second-order valence-electron chi connectivity index (χ2n) is 6.57. The maximum Gasteiger partial charge on any atom is 0.315 e. The quantitative estimate of drug-likeness (QED) is 0.623. The van der Waals surface area contributed by atoms with Crippen LogP contribution in [-0.4, -0.2) is 17.5 Å². The highest BCUT2D eigenvalue weighted by atomic mass is 16.6. The van der Waals surface area contributed by atoms with E-state index < -0.39 is 0 Å². The first-order valence-electron chi connectivity index (χ1n) is 7.71. The lowest BCUT2D eigenvalue weighted by molar-refractivity contribution is -0.383. The summed E-state index contributed by atoms with van der Waals surface area (Å²) >= 11 is 0. The number of anilines is 2. The molecular weight excluding hydrogens is 266 g/mol. The molecule has 2 N–H and O–H groups in total. The third-order valence-electron chi connectivity index (χ3n) is 4.28. The van der Waals surface area contributed by atoms with Crippen molar-refractivity contribution in [3.8, 4) is 0 Å². The first-order valence-corrected chi connectivity index (χ1v) is 7.71. The van der Waals surface area contributed by atoms with E-state index in [1.165, 1.54) is 0 Å². The molecule has 21 heavy (non-hydrogen) atoms. The van der Waals surface area contributed by atoms with E-state index in [9.17, 15) is 10.1 Å². The Morgan fingerprint density at radius 1 is 1.29 bits per heavy atom. The highest BCUT2D eigenvalue weighted by Gasteiger charge is 2.28. The van der Waals surface area contributed by atoms with E-state index in [0.29, 0.717) is 29.4 Å². The summed E-state index contributed by atoms with van der Waals surface area (Å²) < 4.78 is 0. The van der Waals surface area contributed by atoms with E-state index in [2.05, 4.69) is 24.5 Å². The van der Waals surface area contributed by atoms with Crippen LogP contribution in [0.15, 0.2) is 18.2 Å². The van der Waals surface area contributed by atoms with Crippen LogP contribution in [0.2, 0.25) is 0 Å². The fourth-order valence-electron chi connectivity index (χ4n) is 2.95. The molecule has 0 amide bonds. The summed E-state index contributed by atoms with van der Waals surface area (Å²) in [6.45, 7) is 7.18. The number of nitro groups is 1. The number of nitrogens with zero attached hydrogens (tertiary/aromatic N) is 1. The van der Waals surface area contributed by atoms with Gasteiger partial charge in [-0.3, -0.25) is 10.1 Å². The van der Waals surface area contributed by atoms with E-state index in [1.54, 1.807) is 12.1 Å². The lowest BCUT2D eigenvalue weighted by Gasteiger charge is -2.35. The Labute approximate surface area is 126 Å². The Morgan fingerprint density at radius 3 is 2.48 bits per heavy atom.